The molecule has 150 valence electrons. The molecule has 4 nitrogen and oxygen atoms in total. The van der Waals surface area contributed by atoms with E-state index >= 15 is 0 Å². The van der Waals surface area contributed by atoms with Gasteiger partial charge in [-0.2, -0.15) is 0 Å². The van der Waals surface area contributed by atoms with Crippen molar-refractivity contribution in [2.45, 2.75) is 19.9 Å². The molecule has 1 atom stereocenters. The second-order valence-corrected chi connectivity index (χ2v) is 7.81. The molecule has 0 spiro atoms. The van der Waals surface area contributed by atoms with Crippen LogP contribution in [0.25, 0.3) is 5.76 Å². The minimum atomic E-state index is -0.743. The molecule has 3 aromatic rings. The zero-order chi connectivity index (χ0) is 21.4. The Morgan fingerprint density at radius 3 is 2.27 bits per heavy atom. The van der Waals surface area contributed by atoms with Gasteiger partial charge in [0.2, 0.25) is 0 Å². The number of carbonyl (C=O) groups excluding carboxylic acids is 2. The minimum Gasteiger partial charge on any atom is -0.507 e. The summed E-state index contributed by atoms with van der Waals surface area (Å²) in [5.74, 6) is -1.56. The molecule has 1 saturated heterocycles. The number of ketones is 1. The summed E-state index contributed by atoms with van der Waals surface area (Å²) < 4.78 is 0. The highest BCUT2D eigenvalue weighted by Crippen LogP contribution is 2.42. The van der Waals surface area contributed by atoms with Gasteiger partial charge in [-0.3, -0.25) is 14.5 Å². The monoisotopic (exact) mass is 417 g/mol. The van der Waals surface area contributed by atoms with Crippen LogP contribution in [0.4, 0.5) is 5.69 Å². The molecule has 1 N–H and O–H groups in total. The predicted molar refractivity (Wildman–Crippen MR) is 119 cm³/mol. The lowest BCUT2D eigenvalue weighted by atomic mass is 9.93. The maximum absolute atomic E-state index is 13.1. The molecular weight excluding hydrogens is 398 g/mol. The van der Waals surface area contributed by atoms with Crippen LogP contribution in [0, 0.1) is 13.8 Å². The van der Waals surface area contributed by atoms with Crippen LogP contribution in [0.2, 0.25) is 5.02 Å². The van der Waals surface area contributed by atoms with E-state index in [0.717, 1.165) is 16.7 Å². The van der Waals surface area contributed by atoms with Crippen molar-refractivity contribution in [1.29, 1.82) is 0 Å². The highest BCUT2D eigenvalue weighted by Gasteiger charge is 2.47. The van der Waals surface area contributed by atoms with Gasteiger partial charge in [-0.25, -0.2) is 0 Å². The molecule has 1 aliphatic heterocycles. The number of rotatable bonds is 3. The summed E-state index contributed by atoms with van der Waals surface area (Å²) in [6.07, 6.45) is 0. The maximum Gasteiger partial charge on any atom is 0.300 e. The quantitative estimate of drug-likeness (QED) is 0.343. The summed E-state index contributed by atoms with van der Waals surface area (Å²) in [6.45, 7) is 3.78. The molecule has 0 bridgehead atoms. The highest BCUT2D eigenvalue weighted by atomic mass is 35.5. The molecule has 1 unspecified atom stereocenters. The van der Waals surface area contributed by atoms with Gasteiger partial charge in [-0.1, -0.05) is 59.6 Å². The van der Waals surface area contributed by atoms with Crippen molar-refractivity contribution >= 4 is 34.7 Å². The number of aliphatic hydroxyl groups excluding tert-OH is 1. The van der Waals surface area contributed by atoms with E-state index in [1.54, 1.807) is 24.3 Å². The van der Waals surface area contributed by atoms with Crippen LogP contribution in [0.5, 0.6) is 0 Å². The first-order valence-electron chi connectivity index (χ1n) is 9.57. The van der Waals surface area contributed by atoms with Crippen LogP contribution in [-0.4, -0.2) is 16.8 Å². The normalized spacial score (nSPS) is 18.1. The smallest absolute Gasteiger partial charge is 0.300 e. The molecule has 0 saturated carbocycles. The van der Waals surface area contributed by atoms with Crippen LogP contribution < -0.4 is 4.90 Å². The fourth-order valence-corrected chi connectivity index (χ4v) is 3.91. The lowest BCUT2D eigenvalue weighted by Crippen LogP contribution is -2.29. The third-order valence-corrected chi connectivity index (χ3v) is 5.56. The fourth-order valence-electron chi connectivity index (χ4n) is 3.79. The van der Waals surface area contributed by atoms with Crippen molar-refractivity contribution in [3.8, 4) is 0 Å². The van der Waals surface area contributed by atoms with Gasteiger partial charge in [-0.15, -0.1) is 0 Å². The number of benzene rings is 3. The number of halogens is 1. The summed E-state index contributed by atoms with van der Waals surface area (Å²) in [7, 11) is 0. The lowest BCUT2D eigenvalue weighted by molar-refractivity contribution is -0.132. The van der Waals surface area contributed by atoms with Crippen molar-refractivity contribution in [3.63, 3.8) is 0 Å². The van der Waals surface area contributed by atoms with Gasteiger partial charge in [0.05, 0.1) is 11.6 Å². The van der Waals surface area contributed by atoms with E-state index in [2.05, 4.69) is 0 Å². The largest absolute Gasteiger partial charge is 0.507 e. The topological polar surface area (TPSA) is 57.6 Å². The maximum atomic E-state index is 13.1. The number of hydrogen-bond donors (Lipinski definition) is 1. The first kappa shape index (κ1) is 19.9. The molecule has 1 aliphatic rings. The van der Waals surface area contributed by atoms with E-state index < -0.39 is 17.7 Å². The molecule has 3 aromatic carbocycles. The zero-order valence-electron chi connectivity index (χ0n) is 16.6. The second kappa shape index (κ2) is 7.81. The van der Waals surface area contributed by atoms with E-state index in [9.17, 15) is 14.7 Å². The first-order chi connectivity index (χ1) is 14.4. The Kier molecular flexibility index (Phi) is 5.18. The molecule has 1 amide bonds. The standard InChI is InChI=1S/C25H20ClNO3/c1-15-8-9-16(2)20(14-15)23(28)21-22(17-6-4-3-5-7-17)27(25(30)24(21)29)19-12-10-18(26)11-13-19/h3-14,22,28H,1-2H3/b23-21+. The summed E-state index contributed by atoms with van der Waals surface area (Å²) in [5, 5.41) is 11.7. The van der Waals surface area contributed by atoms with Crippen molar-refractivity contribution in [2.24, 2.45) is 0 Å². The predicted octanol–water partition coefficient (Wildman–Crippen LogP) is 5.58. The number of amides is 1. The zero-order valence-corrected chi connectivity index (χ0v) is 17.4. The molecule has 4 rings (SSSR count). The summed E-state index contributed by atoms with van der Waals surface area (Å²) in [6, 6.07) is 20.9. The van der Waals surface area contributed by atoms with E-state index in [1.807, 2.05) is 62.4 Å². The minimum absolute atomic E-state index is 0.0786. The Balaban J connectivity index is 1.97. The number of aryl methyl sites for hydroxylation is 2. The van der Waals surface area contributed by atoms with Crippen LogP contribution in [0.15, 0.2) is 78.4 Å². The number of hydrogen-bond acceptors (Lipinski definition) is 3. The van der Waals surface area contributed by atoms with Crippen molar-refractivity contribution in [2.75, 3.05) is 4.90 Å². The van der Waals surface area contributed by atoms with E-state index in [0.29, 0.717) is 16.3 Å². The average molecular weight is 418 g/mol. The Bertz CT molecular complexity index is 1170. The van der Waals surface area contributed by atoms with Crippen LogP contribution in [0.1, 0.15) is 28.3 Å². The molecule has 1 fully saturated rings. The number of anilines is 1. The van der Waals surface area contributed by atoms with Gasteiger partial charge in [0, 0.05) is 16.3 Å². The van der Waals surface area contributed by atoms with Crippen molar-refractivity contribution in [3.05, 3.63) is 106 Å². The Hall–Kier alpha value is -3.37. The Morgan fingerprint density at radius 2 is 1.60 bits per heavy atom. The fraction of sp³-hybridized carbons (Fsp3) is 0.120. The van der Waals surface area contributed by atoms with Gasteiger partial charge < -0.3 is 5.11 Å². The average Bonchev–Trinajstić information content (AvgIpc) is 3.01. The van der Waals surface area contributed by atoms with Crippen LogP contribution in [0.3, 0.4) is 0 Å². The number of Topliss-reactive ketones (excluding diaryl/α,β-unsaturated/α-hetero) is 1. The third kappa shape index (κ3) is 3.40. The van der Waals surface area contributed by atoms with Crippen molar-refractivity contribution < 1.29 is 14.7 Å². The Morgan fingerprint density at radius 1 is 0.933 bits per heavy atom. The molecule has 30 heavy (non-hydrogen) atoms. The number of nitrogens with zero attached hydrogens (tertiary/aromatic N) is 1. The van der Waals surface area contributed by atoms with Crippen molar-refractivity contribution in [1.82, 2.24) is 0 Å². The highest BCUT2D eigenvalue weighted by molar-refractivity contribution is 6.51. The molecule has 0 aromatic heterocycles. The van der Waals surface area contributed by atoms with Crippen LogP contribution in [-0.2, 0) is 9.59 Å². The number of carbonyl (C=O) groups is 2. The lowest BCUT2D eigenvalue weighted by Gasteiger charge is -2.25. The van der Waals surface area contributed by atoms with E-state index in [-0.39, 0.29) is 11.3 Å². The molecule has 1 heterocycles. The molecule has 5 heteroatoms. The molecule has 0 radical (unpaired) electrons. The third-order valence-electron chi connectivity index (χ3n) is 5.31. The first-order valence-corrected chi connectivity index (χ1v) is 9.95. The summed E-state index contributed by atoms with van der Waals surface area (Å²) in [4.78, 5) is 27.6. The van der Waals surface area contributed by atoms with E-state index in [4.69, 9.17) is 11.6 Å². The van der Waals surface area contributed by atoms with Gasteiger partial charge >= 0.3 is 0 Å². The summed E-state index contributed by atoms with van der Waals surface area (Å²) in [5.41, 5.74) is 3.67. The van der Waals surface area contributed by atoms with E-state index in [1.165, 1.54) is 4.90 Å². The van der Waals surface area contributed by atoms with Gasteiger partial charge in [0.1, 0.15) is 5.76 Å². The number of aliphatic hydroxyl groups is 1. The SMILES string of the molecule is Cc1ccc(C)c(/C(O)=C2\C(=O)C(=O)N(c3ccc(Cl)cc3)C2c2ccccc2)c1. The second-order valence-electron chi connectivity index (χ2n) is 7.37. The molecular formula is C25H20ClNO3. The van der Waals surface area contributed by atoms with Gasteiger partial charge in [0.15, 0.2) is 0 Å². The molecule has 0 aliphatic carbocycles. The Labute approximate surface area is 180 Å². The summed E-state index contributed by atoms with van der Waals surface area (Å²) >= 11 is 6.01. The van der Waals surface area contributed by atoms with Gasteiger partial charge in [-0.05, 0) is 55.3 Å². The van der Waals surface area contributed by atoms with Crippen LogP contribution >= 0.6 is 11.6 Å². The van der Waals surface area contributed by atoms with Gasteiger partial charge in [0.25, 0.3) is 11.7 Å².